The Kier molecular flexibility index (Phi) is 5.19. The van der Waals surface area contributed by atoms with Crippen LogP contribution in [0, 0.1) is 0 Å². The molecule has 0 spiro atoms. The number of nitrogens with zero attached hydrogens (tertiary/aromatic N) is 1. The molecular formula is C11H16Cl2N2O. The second-order valence-corrected chi connectivity index (χ2v) is 4.49. The van der Waals surface area contributed by atoms with Gasteiger partial charge in [0.1, 0.15) is 0 Å². The van der Waals surface area contributed by atoms with Gasteiger partial charge >= 0.3 is 0 Å². The van der Waals surface area contributed by atoms with Crippen LogP contribution in [0.2, 0.25) is 5.02 Å². The van der Waals surface area contributed by atoms with Crippen molar-refractivity contribution in [1.82, 2.24) is 0 Å². The molecule has 5 heteroatoms. The Morgan fingerprint density at radius 3 is 2.69 bits per heavy atom. The van der Waals surface area contributed by atoms with Crippen molar-refractivity contribution in [1.29, 1.82) is 0 Å². The van der Waals surface area contributed by atoms with Crippen LogP contribution >= 0.6 is 23.2 Å². The van der Waals surface area contributed by atoms with E-state index in [2.05, 4.69) is 5.32 Å². The summed E-state index contributed by atoms with van der Waals surface area (Å²) in [5.41, 5.74) is 1.91. The van der Waals surface area contributed by atoms with Crippen molar-refractivity contribution in [2.24, 2.45) is 0 Å². The van der Waals surface area contributed by atoms with Gasteiger partial charge in [0.05, 0.1) is 23.4 Å². The lowest BCUT2D eigenvalue weighted by Gasteiger charge is -2.19. The topological polar surface area (TPSA) is 35.5 Å². The van der Waals surface area contributed by atoms with Gasteiger partial charge in [0, 0.05) is 25.7 Å². The molecule has 16 heavy (non-hydrogen) atoms. The van der Waals surface area contributed by atoms with Crippen molar-refractivity contribution >= 4 is 34.6 Å². The summed E-state index contributed by atoms with van der Waals surface area (Å²) in [7, 11) is 3.90. The molecule has 1 aromatic rings. The van der Waals surface area contributed by atoms with E-state index < -0.39 is 6.10 Å². The van der Waals surface area contributed by atoms with Gasteiger partial charge in [-0.15, -0.1) is 11.6 Å². The maximum atomic E-state index is 9.38. The molecule has 2 N–H and O–H groups in total. The third-order valence-electron chi connectivity index (χ3n) is 2.15. The number of nitrogens with one attached hydrogen (secondary N) is 1. The lowest BCUT2D eigenvalue weighted by atomic mass is 10.2. The summed E-state index contributed by atoms with van der Waals surface area (Å²) in [4.78, 5) is 1.98. The predicted molar refractivity (Wildman–Crippen MR) is 71.0 cm³/mol. The molecule has 0 heterocycles. The highest BCUT2D eigenvalue weighted by atomic mass is 35.5. The number of hydrogen-bond acceptors (Lipinski definition) is 3. The van der Waals surface area contributed by atoms with E-state index in [1.165, 1.54) is 0 Å². The molecule has 0 saturated carbocycles. The molecule has 0 amide bonds. The zero-order chi connectivity index (χ0) is 12.1. The first-order valence-corrected chi connectivity index (χ1v) is 5.90. The van der Waals surface area contributed by atoms with Crippen molar-refractivity contribution in [3.8, 4) is 0 Å². The SMILES string of the molecule is CN(C)c1ccc(Cl)cc1NCC(O)CCl. The van der Waals surface area contributed by atoms with Crippen LogP contribution in [-0.2, 0) is 0 Å². The third kappa shape index (κ3) is 3.74. The Hall–Kier alpha value is -0.640. The first-order chi connectivity index (χ1) is 7.54. The summed E-state index contributed by atoms with van der Waals surface area (Å²) < 4.78 is 0. The highest BCUT2D eigenvalue weighted by molar-refractivity contribution is 6.31. The minimum Gasteiger partial charge on any atom is -0.390 e. The molecule has 3 nitrogen and oxygen atoms in total. The molecule has 1 rings (SSSR count). The van der Waals surface area contributed by atoms with Gasteiger partial charge < -0.3 is 15.3 Å². The van der Waals surface area contributed by atoms with Gasteiger partial charge in [-0.2, -0.15) is 0 Å². The largest absolute Gasteiger partial charge is 0.390 e. The zero-order valence-corrected chi connectivity index (χ0v) is 10.9. The van der Waals surface area contributed by atoms with Gasteiger partial charge in [0.2, 0.25) is 0 Å². The average molecular weight is 263 g/mol. The van der Waals surface area contributed by atoms with E-state index in [0.29, 0.717) is 11.6 Å². The summed E-state index contributed by atoms with van der Waals surface area (Å²) in [6, 6.07) is 5.59. The van der Waals surface area contributed by atoms with E-state index in [1.807, 2.05) is 37.2 Å². The maximum Gasteiger partial charge on any atom is 0.0847 e. The summed E-state index contributed by atoms with van der Waals surface area (Å²) in [5.74, 6) is 0.213. The van der Waals surface area contributed by atoms with E-state index in [9.17, 15) is 5.11 Å². The van der Waals surface area contributed by atoms with Gasteiger partial charge in [-0.05, 0) is 18.2 Å². The van der Waals surface area contributed by atoms with Crippen molar-refractivity contribution in [2.75, 3.05) is 36.7 Å². The quantitative estimate of drug-likeness (QED) is 0.801. The molecule has 0 aliphatic rings. The van der Waals surface area contributed by atoms with Gasteiger partial charge in [-0.3, -0.25) is 0 Å². The number of anilines is 2. The van der Waals surface area contributed by atoms with E-state index >= 15 is 0 Å². The summed E-state index contributed by atoms with van der Waals surface area (Å²) >= 11 is 11.4. The lowest BCUT2D eigenvalue weighted by Crippen LogP contribution is -2.22. The van der Waals surface area contributed by atoms with Crippen LogP contribution in [-0.4, -0.2) is 37.7 Å². The highest BCUT2D eigenvalue weighted by Crippen LogP contribution is 2.27. The summed E-state index contributed by atoms with van der Waals surface area (Å²) in [6.07, 6.45) is -0.560. The van der Waals surface area contributed by atoms with Gasteiger partial charge in [-0.25, -0.2) is 0 Å². The molecule has 1 atom stereocenters. The smallest absolute Gasteiger partial charge is 0.0847 e. The van der Waals surface area contributed by atoms with Crippen LogP contribution in [0.4, 0.5) is 11.4 Å². The molecule has 1 aromatic carbocycles. The maximum absolute atomic E-state index is 9.38. The van der Waals surface area contributed by atoms with E-state index in [1.54, 1.807) is 0 Å². The fraction of sp³-hybridized carbons (Fsp3) is 0.455. The van der Waals surface area contributed by atoms with Crippen molar-refractivity contribution in [2.45, 2.75) is 6.10 Å². The van der Waals surface area contributed by atoms with Crippen LogP contribution in [0.3, 0.4) is 0 Å². The Bertz CT molecular complexity index is 345. The number of hydrogen-bond donors (Lipinski definition) is 2. The van der Waals surface area contributed by atoms with Crippen molar-refractivity contribution < 1.29 is 5.11 Å². The molecule has 90 valence electrons. The summed E-state index contributed by atoms with van der Waals surface area (Å²) in [5, 5.41) is 13.2. The van der Waals surface area contributed by atoms with Gasteiger partial charge in [0.15, 0.2) is 0 Å². The molecule has 1 unspecified atom stereocenters. The molecule has 0 fully saturated rings. The van der Waals surface area contributed by atoms with Crippen molar-refractivity contribution in [3.05, 3.63) is 23.2 Å². The van der Waals surface area contributed by atoms with E-state index in [-0.39, 0.29) is 5.88 Å². The number of rotatable bonds is 5. The number of aliphatic hydroxyl groups is 1. The Morgan fingerprint density at radius 2 is 2.12 bits per heavy atom. The third-order valence-corrected chi connectivity index (χ3v) is 2.74. The standard InChI is InChI=1S/C11H16Cl2N2O/c1-15(2)11-4-3-8(13)5-10(11)14-7-9(16)6-12/h3-5,9,14,16H,6-7H2,1-2H3. The Morgan fingerprint density at radius 1 is 1.44 bits per heavy atom. The second kappa shape index (κ2) is 6.18. The fourth-order valence-corrected chi connectivity index (χ4v) is 1.60. The number of benzene rings is 1. The van der Waals surface area contributed by atoms with Crippen LogP contribution in [0.5, 0.6) is 0 Å². The minimum atomic E-state index is -0.560. The molecule has 0 saturated heterocycles. The normalized spacial score (nSPS) is 12.3. The fourth-order valence-electron chi connectivity index (χ4n) is 1.32. The van der Waals surface area contributed by atoms with Crippen LogP contribution in [0.25, 0.3) is 0 Å². The van der Waals surface area contributed by atoms with Crippen LogP contribution in [0.1, 0.15) is 0 Å². The molecule has 0 radical (unpaired) electrons. The second-order valence-electron chi connectivity index (χ2n) is 3.74. The average Bonchev–Trinajstić information content (AvgIpc) is 2.25. The molecular weight excluding hydrogens is 247 g/mol. The monoisotopic (exact) mass is 262 g/mol. The number of alkyl halides is 1. The molecule has 0 aliphatic heterocycles. The van der Waals surface area contributed by atoms with Crippen LogP contribution in [0.15, 0.2) is 18.2 Å². The zero-order valence-electron chi connectivity index (χ0n) is 9.37. The number of aliphatic hydroxyl groups excluding tert-OH is 1. The van der Waals surface area contributed by atoms with Crippen molar-refractivity contribution in [3.63, 3.8) is 0 Å². The van der Waals surface area contributed by atoms with E-state index in [0.717, 1.165) is 11.4 Å². The van der Waals surface area contributed by atoms with Crippen LogP contribution < -0.4 is 10.2 Å². The Labute approximate surface area is 106 Å². The molecule has 0 aromatic heterocycles. The van der Waals surface area contributed by atoms with Gasteiger partial charge in [0.25, 0.3) is 0 Å². The molecule has 0 aliphatic carbocycles. The first kappa shape index (κ1) is 13.4. The van der Waals surface area contributed by atoms with Gasteiger partial charge in [-0.1, -0.05) is 11.6 Å². The lowest BCUT2D eigenvalue weighted by molar-refractivity contribution is 0.211. The predicted octanol–water partition coefficient (Wildman–Crippen LogP) is 2.42. The van der Waals surface area contributed by atoms with E-state index in [4.69, 9.17) is 23.2 Å². The number of halogens is 2. The summed E-state index contributed by atoms with van der Waals surface area (Å²) in [6.45, 7) is 0.407. The Balaban J connectivity index is 2.80. The minimum absolute atomic E-state index is 0.213. The molecule has 0 bridgehead atoms. The first-order valence-electron chi connectivity index (χ1n) is 4.99. The highest BCUT2D eigenvalue weighted by Gasteiger charge is 2.07.